The highest BCUT2D eigenvalue weighted by Crippen LogP contribution is 2.16. The number of hydrogen-bond donors (Lipinski definition) is 3. The van der Waals surface area contributed by atoms with Crippen molar-refractivity contribution in [2.75, 3.05) is 6.54 Å². The topological polar surface area (TPSA) is 79.0 Å². The van der Waals surface area contributed by atoms with E-state index in [0.717, 1.165) is 29.8 Å². The summed E-state index contributed by atoms with van der Waals surface area (Å²) < 4.78 is 28.4. The predicted octanol–water partition coefficient (Wildman–Crippen LogP) is 2.01. The smallest absolute Gasteiger partial charge is 0.387 e. The van der Waals surface area contributed by atoms with Crippen molar-refractivity contribution >= 4 is 18.3 Å². The van der Waals surface area contributed by atoms with E-state index < -0.39 is 6.61 Å². The molecule has 1 aromatic heterocycles. The number of halogens is 3. The molecule has 2 aromatic rings. The van der Waals surface area contributed by atoms with E-state index in [-0.39, 0.29) is 30.6 Å². The number of nitrogens with one attached hydrogen (secondary N) is 3. The van der Waals surface area contributed by atoms with Crippen LogP contribution in [0.25, 0.3) is 0 Å². The van der Waals surface area contributed by atoms with Crippen LogP contribution in [-0.4, -0.2) is 29.3 Å². The highest BCUT2D eigenvalue weighted by Gasteiger charge is 2.21. The van der Waals surface area contributed by atoms with Crippen LogP contribution in [0, 0.1) is 0 Å². The van der Waals surface area contributed by atoms with E-state index in [1.54, 1.807) is 12.1 Å². The number of ether oxygens (including phenoxy) is 1. The third kappa shape index (κ3) is 4.21. The Labute approximate surface area is 143 Å². The summed E-state index contributed by atoms with van der Waals surface area (Å²) >= 11 is 0. The van der Waals surface area contributed by atoms with Gasteiger partial charge in [0.1, 0.15) is 5.75 Å². The summed E-state index contributed by atoms with van der Waals surface area (Å²) in [4.78, 5) is 12.2. The van der Waals surface area contributed by atoms with Crippen LogP contribution in [0.15, 0.2) is 24.3 Å². The Morgan fingerprint density at radius 1 is 1.33 bits per heavy atom. The molecule has 0 saturated carbocycles. The molecule has 9 heteroatoms. The fourth-order valence-corrected chi connectivity index (χ4v) is 2.47. The molecule has 1 aromatic carbocycles. The molecule has 0 bridgehead atoms. The van der Waals surface area contributed by atoms with E-state index in [0.29, 0.717) is 12.2 Å². The summed E-state index contributed by atoms with van der Waals surface area (Å²) in [5.74, 6) is -0.179. The third-order valence-electron chi connectivity index (χ3n) is 3.62. The van der Waals surface area contributed by atoms with Crippen LogP contribution in [0.2, 0.25) is 0 Å². The molecule has 1 aliphatic rings. The normalized spacial score (nSPS) is 13.1. The molecule has 1 aliphatic heterocycles. The molecule has 0 saturated heterocycles. The lowest BCUT2D eigenvalue weighted by atomic mass is 10.1. The molecule has 3 N–H and O–H groups in total. The van der Waals surface area contributed by atoms with Gasteiger partial charge in [0.25, 0.3) is 5.91 Å². The van der Waals surface area contributed by atoms with Gasteiger partial charge in [-0.05, 0) is 17.7 Å². The van der Waals surface area contributed by atoms with E-state index in [1.807, 2.05) is 0 Å². The average Bonchev–Trinajstić information content (AvgIpc) is 2.97. The van der Waals surface area contributed by atoms with Gasteiger partial charge in [-0.2, -0.15) is 13.9 Å². The van der Waals surface area contributed by atoms with E-state index in [1.165, 1.54) is 12.1 Å². The molecule has 24 heavy (non-hydrogen) atoms. The monoisotopic (exact) mass is 358 g/mol. The number of carbonyl (C=O) groups excluding carboxylic acids is 1. The first-order valence-electron chi connectivity index (χ1n) is 7.22. The zero-order chi connectivity index (χ0) is 16.2. The van der Waals surface area contributed by atoms with Gasteiger partial charge in [-0.1, -0.05) is 12.1 Å². The minimum Gasteiger partial charge on any atom is -0.435 e. The number of fused-ring (bicyclic) bond motifs is 1. The first kappa shape index (κ1) is 18.2. The van der Waals surface area contributed by atoms with Crippen molar-refractivity contribution in [1.82, 2.24) is 20.8 Å². The van der Waals surface area contributed by atoms with E-state index in [2.05, 4.69) is 25.6 Å². The Morgan fingerprint density at radius 3 is 2.79 bits per heavy atom. The third-order valence-corrected chi connectivity index (χ3v) is 3.62. The number of aromatic amines is 1. The van der Waals surface area contributed by atoms with Gasteiger partial charge in [0, 0.05) is 37.3 Å². The zero-order valence-electron chi connectivity index (χ0n) is 12.6. The maximum Gasteiger partial charge on any atom is 0.387 e. The number of alkyl halides is 2. The largest absolute Gasteiger partial charge is 0.435 e. The average molecular weight is 359 g/mol. The number of amides is 1. The lowest BCUT2D eigenvalue weighted by Gasteiger charge is -2.13. The van der Waals surface area contributed by atoms with Crippen LogP contribution in [0.5, 0.6) is 5.75 Å². The SMILES string of the molecule is Cl.O=C(NCc1ccc(OC(F)F)cc1)c1n[nH]c2c1CNCC2. The lowest BCUT2D eigenvalue weighted by Crippen LogP contribution is -2.28. The summed E-state index contributed by atoms with van der Waals surface area (Å²) in [5.41, 5.74) is 3.06. The van der Waals surface area contributed by atoms with Gasteiger partial charge in [0.2, 0.25) is 0 Å². The van der Waals surface area contributed by atoms with Gasteiger partial charge in [-0.3, -0.25) is 9.89 Å². The van der Waals surface area contributed by atoms with E-state index in [4.69, 9.17) is 0 Å². The number of hydrogen-bond acceptors (Lipinski definition) is 4. The molecular formula is C15H17ClF2N4O2. The van der Waals surface area contributed by atoms with Crippen LogP contribution < -0.4 is 15.4 Å². The van der Waals surface area contributed by atoms with Gasteiger partial charge in [0.05, 0.1) is 0 Å². The number of rotatable bonds is 5. The van der Waals surface area contributed by atoms with Crippen LogP contribution in [0.4, 0.5) is 8.78 Å². The maximum atomic E-state index is 12.2. The standard InChI is InChI=1S/C15H16F2N4O2.ClH/c16-15(17)23-10-3-1-9(2-4-10)7-19-14(22)13-11-8-18-6-5-12(11)20-21-13;/h1-4,15,18H,5-8H2,(H,19,22)(H,20,21);1H. The fourth-order valence-electron chi connectivity index (χ4n) is 2.47. The van der Waals surface area contributed by atoms with E-state index in [9.17, 15) is 13.6 Å². The lowest BCUT2D eigenvalue weighted by molar-refractivity contribution is -0.0498. The second kappa shape index (κ2) is 8.07. The van der Waals surface area contributed by atoms with Gasteiger partial charge in [-0.15, -0.1) is 12.4 Å². The van der Waals surface area contributed by atoms with Crippen molar-refractivity contribution in [3.63, 3.8) is 0 Å². The second-order valence-electron chi connectivity index (χ2n) is 5.16. The van der Waals surface area contributed by atoms with Crippen molar-refractivity contribution in [3.05, 3.63) is 46.8 Å². The van der Waals surface area contributed by atoms with Gasteiger partial charge in [-0.25, -0.2) is 0 Å². The molecule has 0 unspecified atom stereocenters. The van der Waals surface area contributed by atoms with Crippen LogP contribution >= 0.6 is 12.4 Å². The molecule has 0 fully saturated rings. The number of aromatic nitrogens is 2. The highest BCUT2D eigenvalue weighted by atomic mass is 35.5. The number of nitrogens with zero attached hydrogens (tertiary/aromatic N) is 1. The first-order chi connectivity index (χ1) is 11.1. The summed E-state index contributed by atoms with van der Waals surface area (Å²) in [6.45, 7) is -1.08. The molecule has 2 heterocycles. The van der Waals surface area contributed by atoms with Crippen molar-refractivity contribution in [2.45, 2.75) is 26.1 Å². The van der Waals surface area contributed by atoms with Crippen LogP contribution in [-0.2, 0) is 19.5 Å². The van der Waals surface area contributed by atoms with Crippen molar-refractivity contribution in [2.24, 2.45) is 0 Å². The minimum atomic E-state index is -2.85. The maximum absolute atomic E-state index is 12.2. The Hall–Kier alpha value is -2.19. The summed E-state index contributed by atoms with van der Waals surface area (Å²) in [6, 6.07) is 6.13. The molecule has 1 amide bonds. The Balaban J connectivity index is 0.00000208. The Kier molecular flexibility index (Phi) is 6.10. The molecule has 0 atom stereocenters. The molecule has 0 radical (unpaired) electrons. The number of benzene rings is 1. The molecule has 0 aliphatic carbocycles. The predicted molar refractivity (Wildman–Crippen MR) is 85.5 cm³/mol. The quantitative estimate of drug-likeness (QED) is 0.764. The first-order valence-corrected chi connectivity index (χ1v) is 7.22. The summed E-state index contributed by atoms with van der Waals surface area (Å²) in [6.07, 6.45) is 0.821. The Bertz CT molecular complexity index is 691. The molecule has 3 rings (SSSR count). The number of carbonyl (C=O) groups is 1. The Morgan fingerprint density at radius 2 is 2.08 bits per heavy atom. The van der Waals surface area contributed by atoms with Crippen LogP contribution in [0.3, 0.4) is 0 Å². The van der Waals surface area contributed by atoms with Crippen molar-refractivity contribution in [1.29, 1.82) is 0 Å². The molecule has 130 valence electrons. The fraction of sp³-hybridized carbons (Fsp3) is 0.333. The molecule has 6 nitrogen and oxygen atoms in total. The molecular weight excluding hydrogens is 342 g/mol. The second-order valence-corrected chi connectivity index (χ2v) is 5.16. The molecule has 0 spiro atoms. The number of H-pyrrole nitrogens is 1. The van der Waals surface area contributed by atoms with Gasteiger partial charge >= 0.3 is 6.61 Å². The van der Waals surface area contributed by atoms with Crippen molar-refractivity contribution < 1.29 is 18.3 Å². The minimum absolute atomic E-state index is 0. The van der Waals surface area contributed by atoms with Gasteiger partial charge < -0.3 is 15.4 Å². The summed E-state index contributed by atoms with van der Waals surface area (Å²) in [7, 11) is 0. The zero-order valence-corrected chi connectivity index (χ0v) is 13.5. The highest BCUT2D eigenvalue weighted by molar-refractivity contribution is 5.94. The van der Waals surface area contributed by atoms with Gasteiger partial charge in [0.15, 0.2) is 5.69 Å². The van der Waals surface area contributed by atoms with Crippen molar-refractivity contribution in [3.8, 4) is 5.75 Å². The summed E-state index contributed by atoms with van der Waals surface area (Å²) in [5, 5.41) is 12.9. The van der Waals surface area contributed by atoms with E-state index >= 15 is 0 Å². The van der Waals surface area contributed by atoms with Crippen LogP contribution in [0.1, 0.15) is 27.3 Å².